The summed E-state index contributed by atoms with van der Waals surface area (Å²) in [4.78, 5) is 12.1. The van der Waals surface area contributed by atoms with Gasteiger partial charge in [0.05, 0.1) is 12.6 Å². The highest BCUT2D eigenvalue weighted by atomic mass is 16.5. The SMILES string of the molecule is Cc1ccc(OCc2cc(C(=O)N[C@@H](CO)C(C)C)no2)cc1C. The summed E-state index contributed by atoms with van der Waals surface area (Å²) < 4.78 is 10.8. The zero-order valence-electron chi connectivity index (χ0n) is 14.5. The van der Waals surface area contributed by atoms with Crippen molar-refractivity contribution >= 4 is 5.91 Å². The first-order valence-corrected chi connectivity index (χ1v) is 7.98. The largest absolute Gasteiger partial charge is 0.486 e. The first-order chi connectivity index (χ1) is 11.4. The molecule has 0 fully saturated rings. The summed E-state index contributed by atoms with van der Waals surface area (Å²) in [5.41, 5.74) is 2.52. The lowest BCUT2D eigenvalue weighted by molar-refractivity contribution is 0.0887. The Morgan fingerprint density at radius 3 is 2.67 bits per heavy atom. The normalized spacial score (nSPS) is 12.2. The third kappa shape index (κ3) is 4.58. The van der Waals surface area contributed by atoms with E-state index in [1.54, 1.807) is 6.07 Å². The van der Waals surface area contributed by atoms with Gasteiger partial charge >= 0.3 is 0 Å². The minimum atomic E-state index is -0.371. The van der Waals surface area contributed by atoms with Crippen molar-refractivity contribution < 1.29 is 19.2 Å². The first-order valence-electron chi connectivity index (χ1n) is 7.98. The number of hydrogen-bond acceptors (Lipinski definition) is 5. The number of hydrogen-bond donors (Lipinski definition) is 2. The van der Waals surface area contributed by atoms with Crippen molar-refractivity contribution in [3.63, 3.8) is 0 Å². The molecule has 2 N–H and O–H groups in total. The summed E-state index contributed by atoms with van der Waals surface area (Å²) in [6.07, 6.45) is 0. The number of carbonyl (C=O) groups is 1. The number of rotatable bonds is 7. The molecular formula is C18H24N2O4. The number of nitrogens with zero attached hydrogens (tertiary/aromatic N) is 1. The molecule has 6 nitrogen and oxygen atoms in total. The number of nitrogens with one attached hydrogen (secondary N) is 1. The maximum absolute atomic E-state index is 12.1. The van der Waals surface area contributed by atoms with Crippen LogP contribution in [0.3, 0.4) is 0 Å². The number of benzene rings is 1. The fourth-order valence-electron chi connectivity index (χ4n) is 2.11. The third-order valence-corrected chi connectivity index (χ3v) is 3.97. The number of carbonyl (C=O) groups excluding carboxylic acids is 1. The molecule has 2 aromatic rings. The van der Waals surface area contributed by atoms with Crippen LogP contribution < -0.4 is 10.1 Å². The van der Waals surface area contributed by atoms with E-state index in [9.17, 15) is 9.90 Å². The van der Waals surface area contributed by atoms with E-state index in [-0.39, 0.29) is 36.8 Å². The predicted molar refractivity (Wildman–Crippen MR) is 89.9 cm³/mol. The van der Waals surface area contributed by atoms with Crippen molar-refractivity contribution in [1.82, 2.24) is 10.5 Å². The van der Waals surface area contributed by atoms with Gasteiger partial charge in [0.15, 0.2) is 11.5 Å². The van der Waals surface area contributed by atoms with E-state index in [1.165, 1.54) is 5.56 Å². The van der Waals surface area contributed by atoms with Gasteiger partial charge in [-0.05, 0) is 43.0 Å². The maximum atomic E-state index is 12.1. The second-order valence-electron chi connectivity index (χ2n) is 6.22. The average molecular weight is 332 g/mol. The number of aryl methyl sites for hydroxylation is 2. The van der Waals surface area contributed by atoms with Crippen LogP contribution in [0.15, 0.2) is 28.8 Å². The van der Waals surface area contributed by atoms with Crippen molar-refractivity contribution in [2.24, 2.45) is 5.92 Å². The number of aromatic nitrogens is 1. The van der Waals surface area contributed by atoms with Gasteiger partial charge in [-0.15, -0.1) is 0 Å². The van der Waals surface area contributed by atoms with Crippen molar-refractivity contribution in [3.05, 3.63) is 46.8 Å². The Morgan fingerprint density at radius 1 is 1.29 bits per heavy atom. The topological polar surface area (TPSA) is 84.6 Å². The minimum absolute atomic E-state index is 0.121. The Kier molecular flexibility index (Phi) is 5.98. The van der Waals surface area contributed by atoms with Gasteiger partial charge in [-0.25, -0.2) is 0 Å². The van der Waals surface area contributed by atoms with Gasteiger partial charge in [-0.3, -0.25) is 4.79 Å². The molecule has 1 atom stereocenters. The molecule has 0 aliphatic carbocycles. The average Bonchev–Trinajstić information content (AvgIpc) is 3.02. The predicted octanol–water partition coefficient (Wildman–Crippen LogP) is 2.62. The molecule has 1 aromatic heterocycles. The molecule has 1 amide bonds. The molecule has 6 heteroatoms. The second kappa shape index (κ2) is 7.97. The van der Waals surface area contributed by atoms with Gasteiger partial charge in [-0.1, -0.05) is 25.1 Å². The van der Waals surface area contributed by atoms with Gasteiger partial charge in [0.2, 0.25) is 0 Å². The zero-order valence-corrected chi connectivity index (χ0v) is 14.5. The van der Waals surface area contributed by atoms with Crippen LogP contribution in [0, 0.1) is 19.8 Å². The standard InChI is InChI=1S/C18H24N2O4/c1-11(2)17(9-21)19-18(22)16-8-15(24-20-16)10-23-14-6-5-12(3)13(4)7-14/h5-8,11,17,21H,9-10H2,1-4H3,(H,19,22)/t17-/m0/s1. The molecular weight excluding hydrogens is 308 g/mol. The maximum Gasteiger partial charge on any atom is 0.273 e. The third-order valence-electron chi connectivity index (χ3n) is 3.97. The van der Waals surface area contributed by atoms with Gasteiger partial charge in [0.25, 0.3) is 5.91 Å². The lowest BCUT2D eigenvalue weighted by Gasteiger charge is -2.18. The molecule has 0 unspecified atom stereocenters. The van der Waals surface area contributed by atoms with Crippen molar-refractivity contribution in [2.45, 2.75) is 40.3 Å². The molecule has 130 valence electrons. The van der Waals surface area contributed by atoms with Crippen molar-refractivity contribution in [2.75, 3.05) is 6.61 Å². The van der Waals surface area contributed by atoms with E-state index in [4.69, 9.17) is 9.26 Å². The molecule has 24 heavy (non-hydrogen) atoms. The second-order valence-corrected chi connectivity index (χ2v) is 6.22. The Hall–Kier alpha value is -2.34. The lowest BCUT2D eigenvalue weighted by Crippen LogP contribution is -2.41. The Labute approximate surface area is 141 Å². The summed E-state index contributed by atoms with van der Waals surface area (Å²) >= 11 is 0. The zero-order chi connectivity index (χ0) is 17.7. The molecule has 1 aromatic carbocycles. The molecule has 0 radical (unpaired) electrons. The van der Waals surface area contributed by atoms with Crippen LogP contribution in [0.25, 0.3) is 0 Å². The van der Waals surface area contributed by atoms with E-state index >= 15 is 0 Å². The van der Waals surface area contributed by atoms with Crippen LogP contribution in [0.1, 0.15) is 41.2 Å². The van der Waals surface area contributed by atoms with Crippen LogP contribution in [-0.2, 0) is 6.61 Å². The van der Waals surface area contributed by atoms with Gasteiger partial charge < -0.3 is 19.7 Å². The van der Waals surface area contributed by atoms with Gasteiger partial charge in [0, 0.05) is 6.07 Å². The van der Waals surface area contributed by atoms with Crippen LogP contribution >= 0.6 is 0 Å². The molecule has 0 saturated carbocycles. The molecule has 0 bridgehead atoms. The smallest absolute Gasteiger partial charge is 0.273 e. The summed E-state index contributed by atoms with van der Waals surface area (Å²) in [6, 6.07) is 7.06. The monoisotopic (exact) mass is 332 g/mol. The Bertz CT molecular complexity index is 694. The highest BCUT2D eigenvalue weighted by molar-refractivity contribution is 5.92. The fraction of sp³-hybridized carbons (Fsp3) is 0.444. The fourth-order valence-corrected chi connectivity index (χ4v) is 2.11. The van der Waals surface area contributed by atoms with E-state index in [0.717, 1.165) is 11.3 Å². The van der Waals surface area contributed by atoms with Crippen LogP contribution in [0.2, 0.25) is 0 Å². The number of amides is 1. The van der Waals surface area contributed by atoms with E-state index in [2.05, 4.69) is 10.5 Å². The number of aliphatic hydroxyl groups excluding tert-OH is 1. The summed E-state index contributed by atoms with van der Waals surface area (Å²) in [5, 5.41) is 15.8. The minimum Gasteiger partial charge on any atom is -0.486 e. The van der Waals surface area contributed by atoms with Gasteiger partial charge in [-0.2, -0.15) is 0 Å². The van der Waals surface area contributed by atoms with Crippen molar-refractivity contribution in [3.8, 4) is 5.75 Å². The molecule has 1 heterocycles. The molecule has 0 saturated heterocycles. The Morgan fingerprint density at radius 2 is 2.04 bits per heavy atom. The van der Waals surface area contributed by atoms with E-state index < -0.39 is 0 Å². The number of ether oxygens (including phenoxy) is 1. The van der Waals surface area contributed by atoms with Crippen LogP contribution in [0.5, 0.6) is 5.75 Å². The summed E-state index contributed by atoms with van der Waals surface area (Å²) in [6.45, 7) is 7.97. The summed E-state index contributed by atoms with van der Waals surface area (Å²) in [5.74, 6) is 0.950. The molecule has 0 aliphatic rings. The van der Waals surface area contributed by atoms with Crippen molar-refractivity contribution in [1.29, 1.82) is 0 Å². The first kappa shape index (κ1) is 18.0. The summed E-state index contributed by atoms with van der Waals surface area (Å²) in [7, 11) is 0. The molecule has 2 rings (SSSR count). The molecule has 0 aliphatic heterocycles. The van der Waals surface area contributed by atoms with Crippen LogP contribution in [-0.4, -0.2) is 28.8 Å². The highest BCUT2D eigenvalue weighted by Crippen LogP contribution is 2.18. The van der Waals surface area contributed by atoms with E-state index in [1.807, 2.05) is 45.9 Å². The Balaban J connectivity index is 1.95. The lowest BCUT2D eigenvalue weighted by atomic mass is 10.1. The van der Waals surface area contributed by atoms with Crippen LogP contribution in [0.4, 0.5) is 0 Å². The molecule has 0 spiro atoms. The van der Waals surface area contributed by atoms with E-state index in [0.29, 0.717) is 5.76 Å². The van der Waals surface area contributed by atoms with Gasteiger partial charge in [0.1, 0.15) is 12.4 Å². The number of aliphatic hydroxyl groups is 1. The highest BCUT2D eigenvalue weighted by Gasteiger charge is 2.19. The quantitative estimate of drug-likeness (QED) is 0.814.